The predicted octanol–water partition coefficient (Wildman–Crippen LogP) is 5.19. The Balaban J connectivity index is 1.41. The summed E-state index contributed by atoms with van der Waals surface area (Å²) in [5, 5.41) is 5.27. The van der Waals surface area contributed by atoms with Crippen LogP contribution in [0, 0.1) is 17.3 Å². The molecule has 2 aromatic rings. The third-order valence-electron chi connectivity index (χ3n) is 12.5. The minimum absolute atomic E-state index is 0.183. The van der Waals surface area contributed by atoms with Gasteiger partial charge in [0.05, 0.1) is 35.4 Å². The summed E-state index contributed by atoms with van der Waals surface area (Å²) < 4.78 is 73.6. The number of cyclic esters (lactones) is 1. The lowest BCUT2D eigenvalue weighted by molar-refractivity contribution is -0.144. The Kier molecular flexibility index (Phi) is 12.7. The number of rotatable bonds is 9. The molecule has 1 saturated heterocycles. The molecule has 6 rings (SSSR count). The van der Waals surface area contributed by atoms with Gasteiger partial charge in [-0.25, -0.2) is 32.0 Å². The van der Waals surface area contributed by atoms with Crippen molar-refractivity contribution < 1.29 is 50.6 Å². The summed E-state index contributed by atoms with van der Waals surface area (Å²) in [5.74, 6) is -4.56. The number of halogens is 2. The molecule has 7 atom stereocenters. The van der Waals surface area contributed by atoms with Gasteiger partial charge in [-0.15, -0.1) is 0 Å². The molecule has 4 amide bonds. The summed E-state index contributed by atoms with van der Waals surface area (Å²) >= 11 is 0. The lowest BCUT2D eigenvalue weighted by Crippen LogP contribution is -2.61. The number of sulfonamides is 1. The van der Waals surface area contributed by atoms with E-state index in [1.807, 2.05) is 11.6 Å². The van der Waals surface area contributed by atoms with Crippen LogP contribution in [0.4, 0.5) is 13.6 Å². The van der Waals surface area contributed by atoms with Crippen molar-refractivity contribution in [3.8, 4) is 11.6 Å². The van der Waals surface area contributed by atoms with Crippen molar-refractivity contribution >= 4 is 44.9 Å². The van der Waals surface area contributed by atoms with Gasteiger partial charge in [0.1, 0.15) is 41.3 Å². The summed E-state index contributed by atoms with van der Waals surface area (Å²) in [6.45, 7) is 10.2. The number of nitrogens with zero attached hydrogens (tertiary/aromatic N) is 3. The highest BCUT2D eigenvalue weighted by atomic mass is 32.2. The van der Waals surface area contributed by atoms with Crippen LogP contribution in [-0.2, 0) is 35.6 Å². The molecule has 326 valence electrons. The predicted molar refractivity (Wildman–Crippen MR) is 213 cm³/mol. The average Bonchev–Trinajstić information content (AvgIpc) is 4.08. The van der Waals surface area contributed by atoms with E-state index >= 15 is 0 Å². The van der Waals surface area contributed by atoms with Gasteiger partial charge in [-0.3, -0.25) is 19.1 Å². The lowest BCUT2D eigenvalue weighted by atomic mass is 9.85. The molecule has 1 aromatic carbocycles. The molecule has 3 N–H and O–H groups in total. The van der Waals surface area contributed by atoms with Gasteiger partial charge in [-0.2, -0.15) is 0 Å². The molecule has 0 unspecified atom stereocenters. The number of fused-ring (bicyclic) bond motifs is 4. The number of carbonyl (C=O) groups is 4. The Morgan fingerprint density at radius 2 is 1.76 bits per heavy atom. The normalized spacial score (nSPS) is 28.9. The SMILES string of the molecule is CC[C@@H]1CCCCCCc2nc3ccc(OC)cc3nc2O[C@H]2CN(C(=O)[C@H](C(C)(C)C)NC(=O)O1)[C@H](C(=O)N[C@]1(C(=O)NS(=O)(=O)C3(C)CC3)C[C@H]1C(F)F)[C@@H]2CC. The van der Waals surface area contributed by atoms with Crippen LogP contribution in [0.15, 0.2) is 18.2 Å². The molecular weight excluding hydrogens is 791 g/mol. The summed E-state index contributed by atoms with van der Waals surface area (Å²) in [5.41, 5.74) is -1.47. The van der Waals surface area contributed by atoms with Crippen LogP contribution in [0.3, 0.4) is 0 Å². The summed E-state index contributed by atoms with van der Waals surface area (Å²) in [6.07, 6.45) is 0.145. The van der Waals surface area contributed by atoms with Gasteiger partial charge < -0.3 is 29.7 Å². The number of aromatic nitrogens is 2. The van der Waals surface area contributed by atoms with Crippen LogP contribution in [0.5, 0.6) is 11.6 Å². The number of nitrogens with one attached hydrogen (secondary N) is 3. The van der Waals surface area contributed by atoms with Crippen molar-refractivity contribution in [2.45, 2.75) is 153 Å². The lowest BCUT2D eigenvalue weighted by Gasteiger charge is -2.36. The van der Waals surface area contributed by atoms with E-state index in [0.717, 1.165) is 25.7 Å². The van der Waals surface area contributed by atoms with E-state index in [9.17, 15) is 36.4 Å². The molecule has 2 aliphatic carbocycles. The van der Waals surface area contributed by atoms with Gasteiger partial charge in [0, 0.05) is 12.0 Å². The Labute approximate surface area is 344 Å². The first-order valence-corrected chi connectivity index (χ1v) is 22.2. The quantitative estimate of drug-likeness (QED) is 0.301. The largest absolute Gasteiger partial charge is 0.497 e. The molecule has 18 heteroatoms. The van der Waals surface area contributed by atoms with Crippen molar-refractivity contribution in [1.82, 2.24) is 30.2 Å². The second-order valence-electron chi connectivity index (χ2n) is 17.8. The zero-order valence-electron chi connectivity index (χ0n) is 34.9. The maximum atomic E-state index is 14.9. The van der Waals surface area contributed by atoms with Crippen molar-refractivity contribution in [3.63, 3.8) is 0 Å². The number of benzene rings is 1. The van der Waals surface area contributed by atoms with E-state index in [1.54, 1.807) is 45.9 Å². The van der Waals surface area contributed by atoms with Crippen LogP contribution in [0.25, 0.3) is 11.0 Å². The van der Waals surface area contributed by atoms with Gasteiger partial charge in [0.2, 0.25) is 34.1 Å². The van der Waals surface area contributed by atoms with E-state index in [2.05, 4.69) is 10.6 Å². The molecule has 2 bridgehead atoms. The third kappa shape index (κ3) is 9.21. The fourth-order valence-electron chi connectivity index (χ4n) is 8.24. The molecule has 0 radical (unpaired) electrons. The second kappa shape index (κ2) is 17.0. The van der Waals surface area contributed by atoms with Crippen LogP contribution >= 0.6 is 0 Å². The standard InChI is InChI=1S/C41H58F2N6O9S/c1-8-23-14-12-10-11-13-15-28-35(45-29-20-24(56-7)16-17-27(29)44-28)58-30-22-49(36(51)32(39(3,4)5)46-38(53)57-23)31(25(30)9-2)34(50)47-41(21-26(41)33(42)43)37(52)48-59(54,55)40(6)18-19-40/h16-17,20,23,25-26,30-33H,8-15,18-19,21-22H2,1-7H3,(H,46,53)(H,47,50)(H,48,52)/t23-,25-,26+,30+,31+,32-,41-/m1/s1. The van der Waals surface area contributed by atoms with Crippen LogP contribution in [0.2, 0.25) is 0 Å². The number of ether oxygens (including phenoxy) is 3. The molecule has 15 nitrogen and oxygen atoms in total. The topological polar surface area (TPSA) is 195 Å². The number of amides is 4. The molecule has 3 fully saturated rings. The van der Waals surface area contributed by atoms with Crippen molar-refractivity contribution in [2.75, 3.05) is 13.7 Å². The molecule has 59 heavy (non-hydrogen) atoms. The number of aryl methyl sites for hydroxylation is 1. The van der Waals surface area contributed by atoms with E-state index in [4.69, 9.17) is 24.2 Å². The average molecular weight is 849 g/mol. The Morgan fingerprint density at radius 1 is 1.05 bits per heavy atom. The number of hydrogen-bond acceptors (Lipinski definition) is 11. The smallest absolute Gasteiger partial charge is 0.408 e. The first-order valence-electron chi connectivity index (χ1n) is 20.7. The van der Waals surface area contributed by atoms with Crippen LogP contribution in [0.1, 0.15) is 111 Å². The number of hydrogen-bond donors (Lipinski definition) is 3. The zero-order chi connectivity index (χ0) is 43.1. The maximum Gasteiger partial charge on any atom is 0.408 e. The molecule has 4 aliphatic rings. The molecule has 1 aromatic heterocycles. The van der Waals surface area contributed by atoms with E-state index < -0.39 is 98.5 Å². The monoisotopic (exact) mass is 848 g/mol. The van der Waals surface area contributed by atoms with Gasteiger partial charge >= 0.3 is 6.09 Å². The first-order chi connectivity index (χ1) is 27.8. The zero-order valence-corrected chi connectivity index (χ0v) is 35.8. The van der Waals surface area contributed by atoms with E-state index in [-0.39, 0.29) is 18.8 Å². The molecule has 2 aliphatic heterocycles. The first kappa shape index (κ1) is 44.2. The highest BCUT2D eigenvalue weighted by Crippen LogP contribution is 2.50. The number of carbonyl (C=O) groups excluding carboxylic acids is 4. The van der Waals surface area contributed by atoms with E-state index in [0.29, 0.717) is 54.6 Å². The van der Waals surface area contributed by atoms with Crippen molar-refractivity contribution in [2.24, 2.45) is 17.3 Å². The highest BCUT2D eigenvalue weighted by Gasteiger charge is 2.67. The number of alkyl halides is 2. The Hall–Kier alpha value is -4.35. The van der Waals surface area contributed by atoms with Gasteiger partial charge in [-0.1, -0.05) is 47.5 Å². The summed E-state index contributed by atoms with van der Waals surface area (Å²) in [4.78, 5) is 67.8. The van der Waals surface area contributed by atoms with Gasteiger partial charge in [0.15, 0.2) is 0 Å². The molecule has 0 spiro atoms. The van der Waals surface area contributed by atoms with Gasteiger partial charge in [-0.05, 0) is 82.3 Å². The Morgan fingerprint density at radius 3 is 2.37 bits per heavy atom. The van der Waals surface area contributed by atoms with Crippen LogP contribution < -0.4 is 24.8 Å². The molecule has 2 saturated carbocycles. The third-order valence-corrected chi connectivity index (χ3v) is 14.6. The van der Waals surface area contributed by atoms with Crippen molar-refractivity contribution in [1.29, 1.82) is 0 Å². The highest BCUT2D eigenvalue weighted by molar-refractivity contribution is 7.91. The fourth-order valence-corrected chi connectivity index (χ4v) is 9.56. The molecular formula is C41H58F2N6O9S. The molecule has 3 heterocycles. The van der Waals surface area contributed by atoms with E-state index in [1.165, 1.54) is 18.9 Å². The fraction of sp³-hybridized carbons (Fsp3) is 0.707. The Bertz CT molecular complexity index is 2040. The number of methoxy groups -OCH3 is 1. The second-order valence-corrected chi connectivity index (χ2v) is 20.0. The minimum atomic E-state index is -4.25. The summed E-state index contributed by atoms with van der Waals surface area (Å²) in [7, 11) is -2.71. The summed E-state index contributed by atoms with van der Waals surface area (Å²) in [6, 6.07) is 2.69. The minimum Gasteiger partial charge on any atom is -0.497 e. The van der Waals surface area contributed by atoms with Crippen LogP contribution in [-0.4, -0.2) is 102 Å². The van der Waals surface area contributed by atoms with Gasteiger partial charge in [0.25, 0.3) is 5.91 Å². The maximum absolute atomic E-state index is 14.9. The number of alkyl carbamates (subject to hydrolysis) is 1. The van der Waals surface area contributed by atoms with Crippen molar-refractivity contribution in [3.05, 3.63) is 23.9 Å².